The number of benzene rings is 2. The molecule has 4 amide bonds. The summed E-state index contributed by atoms with van der Waals surface area (Å²) in [6.45, 7) is 4.32. The number of halogens is 1. The van der Waals surface area contributed by atoms with Gasteiger partial charge in [0.15, 0.2) is 11.5 Å². The van der Waals surface area contributed by atoms with Crippen LogP contribution < -0.4 is 19.7 Å². The second kappa shape index (κ2) is 9.13. The fourth-order valence-electron chi connectivity index (χ4n) is 3.02. The smallest absolute Gasteiger partial charge is 0.335 e. The Morgan fingerprint density at radius 1 is 1.07 bits per heavy atom. The maximum Gasteiger partial charge on any atom is 0.335 e. The molecule has 1 aliphatic rings. The second-order valence-electron chi connectivity index (χ2n) is 6.44. The van der Waals surface area contributed by atoms with Crippen LogP contribution in [0.4, 0.5) is 10.5 Å². The van der Waals surface area contributed by atoms with Crippen molar-refractivity contribution < 1.29 is 23.9 Å². The minimum atomic E-state index is -0.783. The molecule has 2 aromatic carbocycles. The summed E-state index contributed by atoms with van der Waals surface area (Å²) in [7, 11) is 1.50. The second-order valence-corrected chi connectivity index (χ2v) is 7.29. The predicted octanol–water partition coefficient (Wildman–Crippen LogP) is 4.09. The molecule has 0 atom stereocenters. The van der Waals surface area contributed by atoms with E-state index in [2.05, 4.69) is 21.2 Å². The van der Waals surface area contributed by atoms with Crippen molar-refractivity contribution in [2.24, 2.45) is 0 Å². The van der Waals surface area contributed by atoms with Gasteiger partial charge in [0.2, 0.25) is 0 Å². The maximum atomic E-state index is 13.0. The third kappa shape index (κ3) is 4.23. The fourth-order valence-corrected chi connectivity index (χ4v) is 3.45. The normalized spacial score (nSPS) is 15.4. The highest BCUT2D eigenvalue weighted by Crippen LogP contribution is 2.35. The Labute approximate surface area is 182 Å². The molecule has 156 valence electrons. The fraction of sp³-hybridized carbons (Fsp3) is 0.227. The van der Waals surface area contributed by atoms with Gasteiger partial charge in [-0.25, -0.2) is 9.69 Å². The van der Waals surface area contributed by atoms with E-state index < -0.39 is 17.8 Å². The van der Waals surface area contributed by atoms with Gasteiger partial charge in [-0.3, -0.25) is 14.9 Å². The van der Waals surface area contributed by atoms with Crippen molar-refractivity contribution in [1.82, 2.24) is 5.32 Å². The molecule has 2 aromatic rings. The van der Waals surface area contributed by atoms with Gasteiger partial charge in [-0.05, 0) is 54.8 Å². The highest BCUT2D eigenvalue weighted by atomic mass is 79.9. The number of methoxy groups -OCH3 is 1. The van der Waals surface area contributed by atoms with Gasteiger partial charge in [0, 0.05) is 4.47 Å². The van der Waals surface area contributed by atoms with Gasteiger partial charge in [-0.1, -0.05) is 35.0 Å². The first kappa shape index (κ1) is 21.6. The van der Waals surface area contributed by atoms with Crippen LogP contribution in [0.1, 0.15) is 25.0 Å². The minimum Gasteiger partial charge on any atom is -0.493 e. The van der Waals surface area contributed by atoms with Crippen LogP contribution in [0.2, 0.25) is 0 Å². The number of nitrogens with zero attached hydrogens (tertiary/aromatic N) is 1. The number of hydrogen-bond donors (Lipinski definition) is 1. The van der Waals surface area contributed by atoms with E-state index in [1.165, 1.54) is 13.2 Å². The standard InChI is InChI=1S/C22H21BrN2O5/c1-4-13-6-8-15(9-7-13)25-21(27)16(20(26)24-22(25)28)10-14-11-18(29-3)19(30-5-2)12-17(14)23/h6-12H,4-5H2,1-3H3,(H,24,26,28)/b16-10-. The summed E-state index contributed by atoms with van der Waals surface area (Å²) in [5, 5.41) is 2.22. The summed E-state index contributed by atoms with van der Waals surface area (Å²) in [6.07, 6.45) is 2.25. The Balaban J connectivity index is 2.02. The summed E-state index contributed by atoms with van der Waals surface area (Å²) in [5.41, 5.74) is 1.82. The van der Waals surface area contributed by atoms with Gasteiger partial charge < -0.3 is 9.47 Å². The average Bonchev–Trinajstić information content (AvgIpc) is 2.73. The lowest BCUT2D eigenvalue weighted by Gasteiger charge is -2.26. The Kier molecular flexibility index (Phi) is 6.56. The van der Waals surface area contributed by atoms with Crippen LogP contribution in [0.15, 0.2) is 46.4 Å². The van der Waals surface area contributed by atoms with Gasteiger partial charge in [0.25, 0.3) is 11.8 Å². The Morgan fingerprint density at radius 2 is 1.77 bits per heavy atom. The molecule has 0 aliphatic carbocycles. The largest absolute Gasteiger partial charge is 0.493 e. The van der Waals surface area contributed by atoms with Crippen molar-refractivity contribution in [3.8, 4) is 11.5 Å². The molecule has 1 saturated heterocycles. The predicted molar refractivity (Wildman–Crippen MR) is 117 cm³/mol. The van der Waals surface area contributed by atoms with Crippen LogP contribution in [-0.2, 0) is 16.0 Å². The number of rotatable bonds is 6. The lowest BCUT2D eigenvalue weighted by atomic mass is 10.1. The average molecular weight is 473 g/mol. The van der Waals surface area contributed by atoms with Crippen molar-refractivity contribution in [2.45, 2.75) is 20.3 Å². The lowest BCUT2D eigenvalue weighted by Crippen LogP contribution is -2.54. The number of carbonyl (C=O) groups excluding carboxylic acids is 3. The zero-order valence-electron chi connectivity index (χ0n) is 16.8. The number of urea groups is 1. The molecule has 1 fully saturated rings. The topological polar surface area (TPSA) is 84.9 Å². The van der Waals surface area contributed by atoms with E-state index in [9.17, 15) is 14.4 Å². The number of amides is 4. The van der Waals surface area contributed by atoms with E-state index in [0.717, 1.165) is 16.9 Å². The van der Waals surface area contributed by atoms with Crippen molar-refractivity contribution in [1.29, 1.82) is 0 Å². The van der Waals surface area contributed by atoms with Crippen LogP contribution in [0.3, 0.4) is 0 Å². The lowest BCUT2D eigenvalue weighted by molar-refractivity contribution is -0.122. The molecule has 0 saturated carbocycles. The van der Waals surface area contributed by atoms with Gasteiger partial charge in [-0.2, -0.15) is 0 Å². The number of imide groups is 2. The molecule has 0 unspecified atom stereocenters. The molecule has 0 spiro atoms. The van der Waals surface area contributed by atoms with E-state index in [-0.39, 0.29) is 5.57 Å². The first-order valence-electron chi connectivity index (χ1n) is 9.40. The zero-order chi connectivity index (χ0) is 21.8. The van der Waals surface area contributed by atoms with Gasteiger partial charge >= 0.3 is 6.03 Å². The monoisotopic (exact) mass is 472 g/mol. The van der Waals surface area contributed by atoms with Gasteiger partial charge in [-0.15, -0.1) is 0 Å². The molecule has 1 heterocycles. The molecule has 3 rings (SSSR count). The Bertz CT molecular complexity index is 1030. The van der Waals surface area contributed by atoms with Crippen molar-refractivity contribution in [3.05, 3.63) is 57.6 Å². The Morgan fingerprint density at radius 3 is 2.37 bits per heavy atom. The summed E-state index contributed by atoms with van der Waals surface area (Å²) >= 11 is 3.43. The van der Waals surface area contributed by atoms with Crippen molar-refractivity contribution >= 4 is 45.5 Å². The van der Waals surface area contributed by atoms with Crippen LogP contribution >= 0.6 is 15.9 Å². The van der Waals surface area contributed by atoms with Crippen LogP contribution in [-0.4, -0.2) is 31.6 Å². The van der Waals surface area contributed by atoms with Crippen molar-refractivity contribution in [3.63, 3.8) is 0 Å². The third-order valence-electron chi connectivity index (χ3n) is 4.59. The van der Waals surface area contributed by atoms with E-state index in [1.54, 1.807) is 24.3 Å². The summed E-state index contributed by atoms with van der Waals surface area (Å²) < 4.78 is 11.5. The number of barbiturate groups is 1. The summed E-state index contributed by atoms with van der Waals surface area (Å²) in [6, 6.07) is 9.60. The zero-order valence-corrected chi connectivity index (χ0v) is 18.4. The molecule has 30 heavy (non-hydrogen) atoms. The van der Waals surface area contributed by atoms with Crippen LogP contribution in [0.25, 0.3) is 6.08 Å². The molecule has 0 bridgehead atoms. The van der Waals surface area contributed by atoms with Crippen LogP contribution in [0, 0.1) is 0 Å². The molecule has 0 radical (unpaired) electrons. The number of hydrogen-bond acceptors (Lipinski definition) is 5. The maximum absolute atomic E-state index is 13.0. The molecular weight excluding hydrogens is 452 g/mol. The highest BCUT2D eigenvalue weighted by Gasteiger charge is 2.37. The first-order chi connectivity index (χ1) is 14.4. The number of aryl methyl sites for hydroxylation is 1. The minimum absolute atomic E-state index is 0.166. The molecule has 1 aliphatic heterocycles. The third-order valence-corrected chi connectivity index (χ3v) is 5.27. The van der Waals surface area contributed by atoms with Gasteiger partial charge in [0.05, 0.1) is 19.4 Å². The first-order valence-corrected chi connectivity index (χ1v) is 10.2. The quantitative estimate of drug-likeness (QED) is 0.505. The molecular formula is C22H21BrN2O5. The molecule has 1 N–H and O–H groups in total. The van der Waals surface area contributed by atoms with E-state index in [1.807, 2.05) is 26.0 Å². The van der Waals surface area contributed by atoms with Crippen molar-refractivity contribution in [2.75, 3.05) is 18.6 Å². The number of nitrogens with one attached hydrogen (secondary N) is 1. The highest BCUT2D eigenvalue weighted by molar-refractivity contribution is 9.10. The SMILES string of the molecule is CCOc1cc(Br)c(/C=C2/C(=O)NC(=O)N(c3ccc(CC)cc3)C2=O)cc1OC. The number of carbonyl (C=O) groups is 3. The number of ether oxygens (including phenoxy) is 2. The number of anilines is 1. The summed E-state index contributed by atoms with van der Waals surface area (Å²) in [4.78, 5) is 38.8. The van der Waals surface area contributed by atoms with E-state index in [0.29, 0.717) is 33.8 Å². The molecule has 8 heteroatoms. The molecule has 7 nitrogen and oxygen atoms in total. The summed E-state index contributed by atoms with van der Waals surface area (Å²) in [5.74, 6) is -0.473. The molecule has 0 aromatic heterocycles. The van der Waals surface area contributed by atoms with E-state index in [4.69, 9.17) is 9.47 Å². The van der Waals surface area contributed by atoms with E-state index >= 15 is 0 Å². The van der Waals surface area contributed by atoms with Crippen LogP contribution in [0.5, 0.6) is 11.5 Å². The Hall–Kier alpha value is -3.13. The van der Waals surface area contributed by atoms with Gasteiger partial charge in [0.1, 0.15) is 5.57 Å².